The monoisotopic (exact) mass is 234 g/mol. The van der Waals surface area contributed by atoms with Gasteiger partial charge in [-0.1, -0.05) is 12.1 Å². The smallest absolute Gasteiger partial charge is 0.119 e. The van der Waals surface area contributed by atoms with Crippen LogP contribution < -0.4 is 10.1 Å². The Bertz CT molecular complexity index is 354. The van der Waals surface area contributed by atoms with Gasteiger partial charge in [-0.05, 0) is 31.5 Å². The second-order valence-electron chi connectivity index (χ2n) is 4.82. The lowest BCUT2D eigenvalue weighted by Crippen LogP contribution is -2.50. The zero-order chi connectivity index (χ0) is 12.1. The highest BCUT2D eigenvalue weighted by atomic mass is 16.5. The van der Waals surface area contributed by atoms with Crippen LogP contribution in [0.1, 0.15) is 12.5 Å². The van der Waals surface area contributed by atoms with Gasteiger partial charge in [-0.3, -0.25) is 4.90 Å². The van der Waals surface area contributed by atoms with E-state index in [0.29, 0.717) is 6.04 Å². The first-order valence-corrected chi connectivity index (χ1v) is 6.39. The van der Waals surface area contributed by atoms with Crippen molar-refractivity contribution >= 4 is 0 Å². The van der Waals surface area contributed by atoms with Crippen LogP contribution in [0.3, 0.4) is 0 Å². The fourth-order valence-corrected chi connectivity index (χ4v) is 2.21. The Labute approximate surface area is 104 Å². The highest BCUT2D eigenvalue weighted by Crippen LogP contribution is 2.12. The topological polar surface area (TPSA) is 24.5 Å². The van der Waals surface area contributed by atoms with E-state index in [1.807, 2.05) is 12.1 Å². The normalized spacial score (nSPS) is 21.4. The molecule has 0 aromatic heterocycles. The molecule has 1 unspecified atom stereocenters. The van der Waals surface area contributed by atoms with Crippen LogP contribution in [0.4, 0.5) is 0 Å². The lowest BCUT2D eigenvalue weighted by atomic mass is 10.2. The maximum Gasteiger partial charge on any atom is 0.119 e. The van der Waals surface area contributed by atoms with Crippen molar-refractivity contribution in [2.75, 3.05) is 32.8 Å². The molecule has 0 radical (unpaired) electrons. The molecule has 1 heterocycles. The van der Waals surface area contributed by atoms with Gasteiger partial charge in [0.1, 0.15) is 12.4 Å². The molecular weight excluding hydrogens is 212 g/mol. The zero-order valence-corrected chi connectivity index (χ0v) is 10.8. The van der Waals surface area contributed by atoms with Crippen LogP contribution in [-0.4, -0.2) is 43.7 Å². The number of rotatable bonds is 4. The molecule has 1 atom stereocenters. The summed E-state index contributed by atoms with van der Waals surface area (Å²) in [6.07, 6.45) is 0. The number of hydrogen-bond acceptors (Lipinski definition) is 3. The molecule has 0 amide bonds. The van der Waals surface area contributed by atoms with Gasteiger partial charge in [-0.25, -0.2) is 0 Å². The van der Waals surface area contributed by atoms with Crippen LogP contribution in [0, 0.1) is 6.92 Å². The summed E-state index contributed by atoms with van der Waals surface area (Å²) in [6.45, 7) is 9.44. The average Bonchev–Trinajstić information content (AvgIpc) is 2.29. The van der Waals surface area contributed by atoms with Gasteiger partial charge in [-0.15, -0.1) is 0 Å². The molecule has 3 nitrogen and oxygen atoms in total. The van der Waals surface area contributed by atoms with Gasteiger partial charge < -0.3 is 10.1 Å². The van der Waals surface area contributed by atoms with Crippen molar-refractivity contribution in [1.29, 1.82) is 0 Å². The molecule has 17 heavy (non-hydrogen) atoms. The Morgan fingerprint density at radius 1 is 1.47 bits per heavy atom. The van der Waals surface area contributed by atoms with Crippen LogP contribution in [0.2, 0.25) is 0 Å². The molecule has 1 N–H and O–H groups in total. The standard InChI is InChI=1S/C14H22N2O/c1-12-4-3-5-14(10-12)17-9-8-16-7-6-15-13(2)11-16/h3-5,10,13,15H,6-9,11H2,1-2H3. The average molecular weight is 234 g/mol. The summed E-state index contributed by atoms with van der Waals surface area (Å²) in [7, 11) is 0. The largest absolute Gasteiger partial charge is 0.492 e. The van der Waals surface area contributed by atoms with Crippen molar-refractivity contribution in [2.24, 2.45) is 0 Å². The quantitative estimate of drug-likeness (QED) is 0.857. The third-order valence-corrected chi connectivity index (χ3v) is 3.12. The van der Waals surface area contributed by atoms with E-state index in [2.05, 4.69) is 36.2 Å². The third kappa shape index (κ3) is 4.02. The van der Waals surface area contributed by atoms with Crippen molar-refractivity contribution < 1.29 is 4.74 Å². The molecule has 0 aliphatic carbocycles. The van der Waals surface area contributed by atoms with Crippen molar-refractivity contribution in [3.05, 3.63) is 29.8 Å². The molecule has 0 bridgehead atoms. The zero-order valence-electron chi connectivity index (χ0n) is 10.8. The first-order valence-electron chi connectivity index (χ1n) is 6.39. The van der Waals surface area contributed by atoms with Crippen LogP contribution in [0.5, 0.6) is 5.75 Å². The van der Waals surface area contributed by atoms with E-state index in [0.717, 1.165) is 38.5 Å². The molecule has 1 aromatic rings. The maximum atomic E-state index is 5.76. The first-order chi connectivity index (χ1) is 8.24. The predicted molar refractivity (Wildman–Crippen MR) is 70.6 cm³/mol. The summed E-state index contributed by atoms with van der Waals surface area (Å²) in [6, 6.07) is 8.83. The van der Waals surface area contributed by atoms with Gasteiger partial charge in [0.15, 0.2) is 0 Å². The van der Waals surface area contributed by atoms with Gasteiger partial charge in [0.25, 0.3) is 0 Å². The second-order valence-corrected chi connectivity index (χ2v) is 4.82. The minimum atomic E-state index is 0.600. The van der Waals surface area contributed by atoms with Crippen molar-refractivity contribution in [1.82, 2.24) is 10.2 Å². The lowest BCUT2D eigenvalue weighted by Gasteiger charge is -2.31. The molecule has 1 aliphatic heterocycles. The molecule has 0 spiro atoms. The molecular formula is C14H22N2O. The van der Waals surface area contributed by atoms with Crippen molar-refractivity contribution in [3.8, 4) is 5.75 Å². The summed E-state index contributed by atoms with van der Waals surface area (Å²) in [5.41, 5.74) is 1.25. The molecule has 1 fully saturated rings. The fraction of sp³-hybridized carbons (Fsp3) is 0.571. The first kappa shape index (κ1) is 12.4. The van der Waals surface area contributed by atoms with Gasteiger partial charge >= 0.3 is 0 Å². The van der Waals surface area contributed by atoms with Gasteiger partial charge in [0.05, 0.1) is 0 Å². The number of nitrogens with zero attached hydrogens (tertiary/aromatic N) is 1. The third-order valence-electron chi connectivity index (χ3n) is 3.12. The number of nitrogens with one attached hydrogen (secondary N) is 1. The summed E-state index contributed by atoms with van der Waals surface area (Å²) in [5, 5.41) is 3.45. The van der Waals surface area contributed by atoms with Crippen LogP contribution in [-0.2, 0) is 0 Å². The summed E-state index contributed by atoms with van der Waals surface area (Å²) in [4.78, 5) is 2.46. The van der Waals surface area contributed by atoms with Gasteiger partial charge in [0.2, 0.25) is 0 Å². The second kappa shape index (κ2) is 6.03. The van der Waals surface area contributed by atoms with E-state index >= 15 is 0 Å². The fourth-order valence-electron chi connectivity index (χ4n) is 2.21. The van der Waals surface area contributed by atoms with E-state index in [9.17, 15) is 0 Å². The van der Waals surface area contributed by atoms with Crippen LogP contribution in [0.25, 0.3) is 0 Å². The van der Waals surface area contributed by atoms with E-state index in [-0.39, 0.29) is 0 Å². The number of hydrogen-bond donors (Lipinski definition) is 1. The molecule has 94 valence electrons. The minimum Gasteiger partial charge on any atom is -0.492 e. The van der Waals surface area contributed by atoms with Gasteiger partial charge in [0, 0.05) is 32.2 Å². The highest BCUT2D eigenvalue weighted by molar-refractivity contribution is 5.27. The van der Waals surface area contributed by atoms with E-state index in [1.165, 1.54) is 5.56 Å². The number of ether oxygens (including phenoxy) is 1. The minimum absolute atomic E-state index is 0.600. The highest BCUT2D eigenvalue weighted by Gasteiger charge is 2.14. The summed E-state index contributed by atoms with van der Waals surface area (Å²) in [5.74, 6) is 0.980. The van der Waals surface area contributed by atoms with E-state index < -0.39 is 0 Å². The Kier molecular flexibility index (Phi) is 4.40. The van der Waals surface area contributed by atoms with E-state index in [1.54, 1.807) is 0 Å². The molecule has 1 aromatic carbocycles. The lowest BCUT2D eigenvalue weighted by molar-refractivity contribution is 0.170. The number of piperazine rings is 1. The Hall–Kier alpha value is -1.06. The Morgan fingerprint density at radius 3 is 3.12 bits per heavy atom. The van der Waals surface area contributed by atoms with Gasteiger partial charge in [-0.2, -0.15) is 0 Å². The van der Waals surface area contributed by atoms with Crippen LogP contribution in [0.15, 0.2) is 24.3 Å². The summed E-state index contributed by atoms with van der Waals surface area (Å²) >= 11 is 0. The number of aryl methyl sites for hydroxylation is 1. The molecule has 1 aliphatic rings. The SMILES string of the molecule is Cc1cccc(OCCN2CCNC(C)C2)c1. The Morgan fingerprint density at radius 2 is 2.35 bits per heavy atom. The predicted octanol–water partition coefficient (Wildman–Crippen LogP) is 1.67. The van der Waals surface area contributed by atoms with E-state index in [4.69, 9.17) is 4.74 Å². The van der Waals surface area contributed by atoms with Crippen molar-refractivity contribution in [3.63, 3.8) is 0 Å². The number of benzene rings is 1. The molecule has 1 saturated heterocycles. The molecule has 3 heteroatoms. The molecule has 0 saturated carbocycles. The van der Waals surface area contributed by atoms with Crippen LogP contribution >= 0.6 is 0 Å². The van der Waals surface area contributed by atoms with Crippen molar-refractivity contribution in [2.45, 2.75) is 19.9 Å². The molecule has 2 rings (SSSR count). The Balaban J connectivity index is 1.72. The summed E-state index contributed by atoms with van der Waals surface area (Å²) < 4.78 is 5.76. The maximum absolute atomic E-state index is 5.76.